The van der Waals surface area contributed by atoms with Crippen molar-refractivity contribution in [2.24, 2.45) is 0 Å². The minimum atomic E-state index is -0.376. The lowest BCUT2D eigenvalue weighted by Gasteiger charge is -2.04. The largest absolute Gasteiger partial charge is 0.207 e. The first-order chi connectivity index (χ1) is 6.09. The van der Waals surface area contributed by atoms with Crippen molar-refractivity contribution in [1.82, 2.24) is 0 Å². The van der Waals surface area contributed by atoms with E-state index >= 15 is 0 Å². The molecule has 1 atom stereocenters. The van der Waals surface area contributed by atoms with Crippen LogP contribution < -0.4 is 0 Å². The van der Waals surface area contributed by atoms with Crippen LogP contribution in [0.4, 0.5) is 8.78 Å². The Morgan fingerprint density at radius 2 is 2.08 bits per heavy atom. The fourth-order valence-corrected chi connectivity index (χ4v) is 1.32. The summed E-state index contributed by atoms with van der Waals surface area (Å²) in [5.41, 5.74) is 0.450. The van der Waals surface area contributed by atoms with E-state index in [0.717, 1.165) is 12.5 Å². The summed E-state index contributed by atoms with van der Waals surface area (Å²) >= 11 is 3.36. The second-order valence-corrected chi connectivity index (χ2v) is 4.62. The average molecular weight is 249 g/mol. The first kappa shape index (κ1) is 10.6. The summed E-state index contributed by atoms with van der Waals surface area (Å²) in [4.78, 5) is 0.329. The van der Waals surface area contributed by atoms with Crippen LogP contribution in [-0.4, -0.2) is 4.83 Å². The van der Waals surface area contributed by atoms with E-state index in [-0.39, 0.29) is 11.6 Å². The molecular formula is C10H11BrF2. The highest BCUT2D eigenvalue weighted by molar-refractivity contribution is 9.09. The summed E-state index contributed by atoms with van der Waals surface area (Å²) in [5, 5.41) is 0. The molecule has 0 spiro atoms. The smallest absolute Gasteiger partial charge is 0.126 e. The van der Waals surface area contributed by atoms with E-state index in [1.165, 1.54) is 12.1 Å². The summed E-state index contributed by atoms with van der Waals surface area (Å²) in [5.74, 6) is -0.701. The Balaban J connectivity index is 2.70. The minimum absolute atomic E-state index is 0.324. The number of rotatable bonds is 3. The third-order valence-corrected chi connectivity index (χ3v) is 2.28. The Morgan fingerprint density at radius 1 is 1.38 bits per heavy atom. The predicted molar refractivity (Wildman–Crippen MR) is 53.1 cm³/mol. The molecule has 3 heteroatoms. The molecule has 0 nitrogen and oxygen atoms in total. The zero-order valence-electron chi connectivity index (χ0n) is 7.36. The quantitative estimate of drug-likeness (QED) is 0.717. The van der Waals surface area contributed by atoms with E-state index < -0.39 is 0 Å². The lowest BCUT2D eigenvalue weighted by molar-refractivity contribution is 0.581. The number of benzene rings is 1. The van der Waals surface area contributed by atoms with Gasteiger partial charge in [-0.3, -0.25) is 0 Å². The Bertz CT molecular complexity index is 284. The Hall–Kier alpha value is -0.440. The van der Waals surface area contributed by atoms with Crippen molar-refractivity contribution in [2.75, 3.05) is 0 Å². The molecule has 0 N–H and O–H groups in total. The molecule has 1 aromatic carbocycles. The highest BCUT2D eigenvalue weighted by atomic mass is 79.9. The predicted octanol–water partition coefficient (Wildman–Crippen LogP) is 3.68. The molecule has 1 rings (SSSR count). The maximum absolute atomic E-state index is 13.0. The lowest BCUT2D eigenvalue weighted by atomic mass is 10.1. The van der Waals surface area contributed by atoms with Crippen molar-refractivity contribution < 1.29 is 8.78 Å². The molecule has 0 radical (unpaired) electrons. The van der Waals surface area contributed by atoms with Gasteiger partial charge in [-0.1, -0.05) is 22.9 Å². The zero-order chi connectivity index (χ0) is 9.84. The van der Waals surface area contributed by atoms with Crippen LogP contribution in [0.1, 0.15) is 18.9 Å². The first-order valence-electron chi connectivity index (χ1n) is 4.17. The van der Waals surface area contributed by atoms with Crippen molar-refractivity contribution in [1.29, 1.82) is 0 Å². The maximum Gasteiger partial charge on any atom is 0.126 e. The van der Waals surface area contributed by atoms with Gasteiger partial charge in [0.1, 0.15) is 11.6 Å². The fourth-order valence-electron chi connectivity index (χ4n) is 1.09. The minimum Gasteiger partial charge on any atom is -0.207 e. The summed E-state index contributed by atoms with van der Waals surface area (Å²) in [6.45, 7) is 1.98. The Kier molecular flexibility index (Phi) is 3.85. The molecule has 13 heavy (non-hydrogen) atoms. The van der Waals surface area contributed by atoms with Crippen LogP contribution in [0.2, 0.25) is 0 Å². The van der Waals surface area contributed by atoms with E-state index in [2.05, 4.69) is 15.9 Å². The van der Waals surface area contributed by atoms with Crippen molar-refractivity contribution in [2.45, 2.75) is 24.6 Å². The van der Waals surface area contributed by atoms with Gasteiger partial charge >= 0.3 is 0 Å². The van der Waals surface area contributed by atoms with Crippen LogP contribution in [-0.2, 0) is 6.42 Å². The van der Waals surface area contributed by atoms with Gasteiger partial charge in [-0.25, -0.2) is 8.78 Å². The molecule has 1 unspecified atom stereocenters. The highest BCUT2D eigenvalue weighted by Gasteiger charge is 2.04. The molecule has 72 valence electrons. The van der Waals surface area contributed by atoms with E-state index in [0.29, 0.717) is 16.8 Å². The van der Waals surface area contributed by atoms with Crippen LogP contribution in [0.15, 0.2) is 18.2 Å². The lowest BCUT2D eigenvalue weighted by Crippen LogP contribution is -1.97. The summed E-state index contributed by atoms with van der Waals surface area (Å²) in [6.07, 6.45) is 1.37. The molecule has 0 aliphatic carbocycles. The van der Waals surface area contributed by atoms with E-state index in [4.69, 9.17) is 0 Å². The Morgan fingerprint density at radius 3 is 2.69 bits per heavy atom. The van der Waals surface area contributed by atoms with Gasteiger partial charge in [-0.05, 0) is 36.6 Å². The summed E-state index contributed by atoms with van der Waals surface area (Å²) in [6, 6.07) is 3.56. The fraction of sp³-hybridized carbons (Fsp3) is 0.400. The zero-order valence-corrected chi connectivity index (χ0v) is 8.94. The molecule has 0 saturated carbocycles. The third-order valence-electron chi connectivity index (χ3n) is 1.82. The van der Waals surface area contributed by atoms with E-state index in [1.54, 1.807) is 0 Å². The number of alkyl halides is 1. The monoisotopic (exact) mass is 248 g/mol. The van der Waals surface area contributed by atoms with Gasteiger partial charge < -0.3 is 0 Å². The van der Waals surface area contributed by atoms with Crippen LogP contribution in [0.5, 0.6) is 0 Å². The van der Waals surface area contributed by atoms with E-state index in [1.807, 2.05) is 6.92 Å². The van der Waals surface area contributed by atoms with Gasteiger partial charge in [-0.15, -0.1) is 0 Å². The highest BCUT2D eigenvalue weighted by Crippen LogP contribution is 2.14. The second-order valence-electron chi connectivity index (χ2n) is 3.06. The number of hydrogen-bond acceptors (Lipinski definition) is 0. The van der Waals surface area contributed by atoms with Crippen molar-refractivity contribution in [3.8, 4) is 0 Å². The molecule has 0 amide bonds. The maximum atomic E-state index is 13.0. The van der Waals surface area contributed by atoms with E-state index in [9.17, 15) is 8.78 Å². The third kappa shape index (κ3) is 3.43. The van der Waals surface area contributed by atoms with Crippen molar-refractivity contribution in [3.05, 3.63) is 35.4 Å². The molecule has 0 aliphatic rings. The van der Waals surface area contributed by atoms with Gasteiger partial charge in [0, 0.05) is 4.83 Å². The molecule has 0 saturated heterocycles. The normalized spacial score (nSPS) is 12.9. The number of halogens is 3. The van der Waals surface area contributed by atoms with Crippen molar-refractivity contribution in [3.63, 3.8) is 0 Å². The van der Waals surface area contributed by atoms with Crippen LogP contribution in [0.3, 0.4) is 0 Å². The van der Waals surface area contributed by atoms with Crippen molar-refractivity contribution >= 4 is 15.9 Å². The van der Waals surface area contributed by atoms with Gasteiger partial charge in [0.15, 0.2) is 0 Å². The second kappa shape index (κ2) is 4.70. The molecule has 0 fully saturated rings. The van der Waals surface area contributed by atoms with Crippen LogP contribution >= 0.6 is 15.9 Å². The molecule has 0 aromatic heterocycles. The molecule has 0 heterocycles. The molecular weight excluding hydrogens is 238 g/mol. The van der Waals surface area contributed by atoms with Gasteiger partial charge in [0.05, 0.1) is 0 Å². The first-order valence-corrected chi connectivity index (χ1v) is 5.09. The van der Waals surface area contributed by atoms with Crippen LogP contribution in [0, 0.1) is 11.6 Å². The van der Waals surface area contributed by atoms with Crippen LogP contribution in [0.25, 0.3) is 0 Å². The molecule has 0 bridgehead atoms. The summed E-state index contributed by atoms with van der Waals surface area (Å²) < 4.78 is 25.7. The molecule has 1 aromatic rings. The van der Waals surface area contributed by atoms with Gasteiger partial charge in [0.25, 0.3) is 0 Å². The SMILES string of the molecule is CC(Br)CCc1cc(F)ccc1F. The topological polar surface area (TPSA) is 0 Å². The average Bonchev–Trinajstić information content (AvgIpc) is 2.06. The Labute approximate surface area is 85.1 Å². The molecule has 0 aliphatic heterocycles. The number of hydrogen-bond donors (Lipinski definition) is 0. The standard InChI is InChI=1S/C10H11BrF2/c1-7(11)2-3-8-6-9(12)4-5-10(8)13/h4-7H,2-3H2,1H3. The summed E-state index contributed by atoms with van der Waals surface area (Å²) in [7, 11) is 0. The van der Waals surface area contributed by atoms with Gasteiger partial charge in [-0.2, -0.15) is 0 Å². The number of aryl methyl sites for hydroxylation is 1. The van der Waals surface area contributed by atoms with Gasteiger partial charge in [0.2, 0.25) is 0 Å².